The molecule has 4 aromatic rings. The first-order valence-corrected chi connectivity index (χ1v) is 14.5. The highest BCUT2D eigenvalue weighted by atomic mass is 35.5. The Balaban J connectivity index is 1.57. The van der Waals surface area contributed by atoms with E-state index in [2.05, 4.69) is 4.99 Å². The zero-order valence-electron chi connectivity index (χ0n) is 23.7. The second-order valence-corrected chi connectivity index (χ2v) is 10.6. The Morgan fingerprint density at radius 1 is 1.00 bits per heavy atom. The minimum atomic E-state index is -0.816. The number of carbonyl (C=O) groups excluding carboxylic acids is 2. The highest BCUT2D eigenvalue weighted by Crippen LogP contribution is 2.35. The maximum absolute atomic E-state index is 13.8. The molecule has 222 valence electrons. The van der Waals surface area contributed by atoms with Gasteiger partial charge in [0.05, 0.1) is 54.2 Å². The van der Waals surface area contributed by atoms with Crippen LogP contribution in [0.1, 0.15) is 41.6 Å². The average Bonchev–Trinajstić information content (AvgIpc) is 3.61. The van der Waals surface area contributed by atoms with E-state index < -0.39 is 18.0 Å². The van der Waals surface area contributed by atoms with Crippen LogP contribution >= 0.6 is 22.9 Å². The van der Waals surface area contributed by atoms with Crippen molar-refractivity contribution in [1.82, 2.24) is 4.57 Å². The summed E-state index contributed by atoms with van der Waals surface area (Å²) in [4.78, 5) is 43.3. The maximum Gasteiger partial charge on any atom is 0.339 e. The zero-order valence-corrected chi connectivity index (χ0v) is 25.3. The smallest absolute Gasteiger partial charge is 0.339 e. The monoisotopic (exact) mass is 622 g/mol. The minimum Gasteiger partial charge on any atom is -0.490 e. The molecule has 0 amide bonds. The molecule has 1 aliphatic rings. The summed E-state index contributed by atoms with van der Waals surface area (Å²) in [7, 11) is 2.56. The van der Waals surface area contributed by atoms with E-state index in [-0.39, 0.29) is 21.7 Å². The molecule has 2 aromatic heterocycles. The van der Waals surface area contributed by atoms with Crippen molar-refractivity contribution >= 4 is 41.0 Å². The molecule has 0 aliphatic carbocycles. The van der Waals surface area contributed by atoms with Gasteiger partial charge in [-0.15, -0.1) is 0 Å². The number of fused-ring (bicyclic) bond motifs is 1. The van der Waals surface area contributed by atoms with E-state index in [1.807, 2.05) is 13.8 Å². The Kier molecular flexibility index (Phi) is 8.84. The van der Waals surface area contributed by atoms with Crippen molar-refractivity contribution < 1.29 is 33.0 Å². The lowest BCUT2D eigenvalue weighted by Gasteiger charge is -2.23. The van der Waals surface area contributed by atoms with Gasteiger partial charge in [0, 0.05) is 17.8 Å². The number of halogens is 1. The molecule has 43 heavy (non-hydrogen) atoms. The topological polar surface area (TPSA) is 119 Å². The number of esters is 2. The number of hydrogen-bond acceptors (Lipinski definition) is 10. The molecule has 10 nitrogen and oxygen atoms in total. The quantitative estimate of drug-likeness (QED) is 0.250. The first-order chi connectivity index (χ1) is 20.8. The lowest BCUT2D eigenvalue weighted by Crippen LogP contribution is -2.39. The van der Waals surface area contributed by atoms with Gasteiger partial charge in [-0.3, -0.25) is 9.36 Å². The minimum absolute atomic E-state index is 0.195. The molecular weight excluding hydrogens is 596 g/mol. The SMILES string of the molecule is CCOc1ccc([C@@H]2C(C(=O)OC)=CN=c3s/c(=C\c4ccc(-c5ccc(C(=O)OC)c(Cl)c5)o4)c(=O)n32)cc1OCC. The summed E-state index contributed by atoms with van der Waals surface area (Å²) < 4.78 is 29.1. The average molecular weight is 623 g/mol. The van der Waals surface area contributed by atoms with Crippen LogP contribution in [0.3, 0.4) is 0 Å². The molecule has 1 aliphatic heterocycles. The van der Waals surface area contributed by atoms with Gasteiger partial charge in [-0.1, -0.05) is 35.1 Å². The van der Waals surface area contributed by atoms with E-state index in [0.717, 1.165) is 11.3 Å². The number of benzene rings is 2. The van der Waals surface area contributed by atoms with Crippen molar-refractivity contribution in [2.24, 2.45) is 4.99 Å². The molecule has 12 heteroatoms. The summed E-state index contributed by atoms with van der Waals surface area (Å²) >= 11 is 7.43. The van der Waals surface area contributed by atoms with Crippen molar-refractivity contribution in [3.8, 4) is 22.8 Å². The Morgan fingerprint density at radius 3 is 2.44 bits per heavy atom. The van der Waals surface area contributed by atoms with Gasteiger partial charge in [0.2, 0.25) is 0 Å². The number of hydrogen-bond donors (Lipinski definition) is 0. The van der Waals surface area contributed by atoms with Crippen molar-refractivity contribution in [2.75, 3.05) is 27.4 Å². The number of aromatic nitrogens is 1. The van der Waals surface area contributed by atoms with E-state index in [1.165, 1.54) is 25.0 Å². The van der Waals surface area contributed by atoms with Gasteiger partial charge in [-0.05, 0) is 55.8 Å². The molecule has 5 rings (SSSR count). The van der Waals surface area contributed by atoms with Crippen LogP contribution in [0.4, 0.5) is 0 Å². The van der Waals surface area contributed by atoms with Crippen molar-refractivity contribution in [3.63, 3.8) is 0 Å². The lowest BCUT2D eigenvalue weighted by molar-refractivity contribution is -0.136. The first kappa shape index (κ1) is 29.9. The van der Waals surface area contributed by atoms with Crippen LogP contribution in [0.15, 0.2) is 74.5 Å². The Labute approximate surface area is 255 Å². The highest BCUT2D eigenvalue weighted by molar-refractivity contribution is 7.07. The van der Waals surface area contributed by atoms with Crippen LogP contribution in [0.5, 0.6) is 11.5 Å². The van der Waals surface area contributed by atoms with Gasteiger partial charge in [0.1, 0.15) is 11.5 Å². The normalized spacial score (nSPS) is 14.4. The van der Waals surface area contributed by atoms with E-state index >= 15 is 0 Å². The summed E-state index contributed by atoms with van der Waals surface area (Å²) in [6, 6.07) is 12.8. The number of methoxy groups -OCH3 is 2. The van der Waals surface area contributed by atoms with Gasteiger partial charge in [-0.2, -0.15) is 0 Å². The van der Waals surface area contributed by atoms with E-state index in [1.54, 1.807) is 54.6 Å². The number of furan rings is 1. The van der Waals surface area contributed by atoms with Gasteiger partial charge in [0.25, 0.3) is 5.56 Å². The Bertz CT molecular complexity index is 1920. The highest BCUT2D eigenvalue weighted by Gasteiger charge is 2.31. The van der Waals surface area contributed by atoms with Crippen LogP contribution in [-0.4, -0.2) is 43.9 Å². The molecule has 0 spiro atoms. The molecule has 0 N–H and O–H groups in total. The molecule has 0 unspecified atom stereocenters. The fraction of sp³-hybridized carbons (Fsp3) is 0.226. The van der Waals surface area contributed by atoms with E-state index in [4.69, 9.17) is 35.0 Å². The summed E-state index contributed by atoms with van der Waals surface area (Å²) in [5, 5.41) is 0.221. The van der Waals surface area contributed by atoms with Gasteiger partial charge in [0.15, 0.2) is 16.3 Å². The van der Waals surface area contributed by atoms with Crippen LogP contribution < -0.4 is 24.4 Å². The Morgan fingerprint density at radius 2 is 1.74 bits per heavy atom. The molecule has 1 atom stereocenters. The third kappa shape index (κ3) is 5.86. The molecule has 0 bridgehead atoms. The van der Waals surface area contributed by atoms with Crippen molar-refractivity contribution in [3.05, 3.63) is 102 Å². The fourth-order valence-corrected chi connectivity index (χ4v) is 5.85. The third-order valence-corrected chi connectivity index (χ3v) is 7.88. The van der Waals surface area contributed by atoms with Gasteiger partial charge < -0.3 is 23.4 Å². The zero-order chi connectivity index (χ0) is 30.7. The molecule has 2 aromatic carbocycles. The lowest BCUT2D eigenvalue weighted by atomic mass is 9.97. The van der Waals surface area contributed by atoms with Gasteiger partial charge in [-0.25, -0.2) is 14.6 Å². The van der Waals surface area contributed by atoms with Crippen molar-refractivity contribution in [2.45, 2.75) is 19.9 Å². The first-order valence-electron chi connectivity index (χ1n) is 13.3. The van der Waals surface area contributed by atoms with E-state index in [9.17, 15) is 14.4 Å². The van der Waals surface area contributed by atoms with Crippen molar-refractivity contribution in [1.29, 1.82) is 0 Å². The summed E-state index contributed by atoms with van der Waals surface area (Å²) in [5.74, 6) is 0.799. The summed E-state index contributed by atoms with van der Waals surface area (Å²) in [6.45, 7) is 4.58. The fourth-order valence-electron chi connectivity index (χ4n) is 4.65. The van der Waals surface area contributed by atoms with Gasteiger partial charge >= 0.3 is 11.9 Å². The summed E-state index contributed by atoms with van der Waals surface area (Å²) in [6.07, 6.45) is 3.04. The second kappa shape index (κ2) is 12.7. The summed E-state index contributed by atoms with van der Waals surface area (Å²) in [5.41, 5.74) is 1.34. The molecule has 0 fully saturated rings. The largest absolute Gasteiger partial charge is 0.490 e. The van der Waals surface area contributed by atoms with Crippen LogP contribution in [0.2, 0.25) is 5.02 Å². The number of carbonyl (C=O) groups is 2. The molecular formula is C31H27ClN2O8S. The number of rotatable bonds is 9. The molecule has 0 radical (unpaired) electrons. The number of ether oxygens (including phenoxy) is 4. The molecule has 3 heterocycles. The second-order valence-electron chi connectivity index (χ2n) is 9.14. The van der Waals surface area contributed by atoms with Crippen LogP contribution in [0, 0.1) is 0 Å². The standard InChI is InChI=1S/C31H27ClN2O8S/c1-5-40-24-11-8-18(14-25(24)41-6-2)27-21(30(37)39-4)16-33-31-34(27)28(35)26(43-31)15-19-9-12-23(42-19)17-7-10-20(22(32)13-17)29(36)38-3/h7-16,27H,5-6H2,1-4H3/b26-15-/t27-/m1/s1. The Hall–Kier alpha value is -4.61. The maximum atomic E-state index is 13.8. The van der Waals surface area contributed by atoms with Crippen LogP contribution in [0.25, 0.3) is 17.4 Å². The molecule has 0 saturated heterocycles. The predicted octanol–water partition coefficient (Wildman–Crippen LogP) is 4.52. The number of nitrogens with zero attached hydrogens (tertiary/aromatic N) is 2. The van der Waals surface area contributed by atoms with Crippen LogP contribution in [-0.2, 0) is 14.3 Å². The molecule has 0 saturated carbocycles. The predicted molar refractivity (Wildman–Crippen MR) is 160 cm³/mol. The third-order valence-electron chi connectivity index (χ3n) is 6.57. The van der Waals surface area contributed by atoms with E-state index in [0.29, 0.717) is 56.7 Å². The number of thiazole rings is 1.